The van der Waals surface area contributed by atoms with Crippen LogP contribution in [0, 0.1) is 10.8 Å². The average molecular weight is 541 g/mol. The quantitative estimate of drug-likeness (QED) is 0.0817. The van der Waals surface area contributed by atoms with E-state index in [1.54, 1.807) is 6.08 Å². The van der Waals surface area contributed by atoms with Crippen molar-refractivity contribution >= 4 is 12.0 Å². The fraction of sp³-hybridized carbons (Fsp3) is 0.447. The first-order valence-electron chi connectivity index (χ1n) is 14.8. The average Bonchev–Trinajstić information content (AvgIpc) is 2.87. The summed E-state index contributed by atoms with van der Waals surface area (Å²) in [6.45, 7) is 21.6. The number of hydrogen-bond acceptors (Lipinski definition) is 2. The van der Waals surface area contributed by atoms with E-state index in [4.69, 9.17) is 4.74 Å². The number of carbonyl (C=O) groups excluding carboxylic acids is 1. The number of benzene rings is 1. The molecule has 0 saturated heterocycles. The van der Waals surface area contributed by atoms with E-state index in [-0.39, 0.29) is 16.8 Å². The van der Waals surface area contributed by atoms with E-state index >= 15 is 0 Å². The van der Waals surface area contributed by atoms with Gasteiger partial charge in [-0.1, -0.05) is 97.7 Å². The molecule has 0 aliphatic heterocycles. The Morgan fingerprint density at radius 3 is 2.38 bits per heavy atom. The van der Waals surface area contributed by atoms with Crippen molar-refractivity contribution in [1.29, 1.82) is 0 Å². The van der Waals surface area contributed by atoms with Crippen molar-refractivity contribution in [3.05, 3.63) is 107 Å². The van der Waals surface area contributed by atoms with Crippen molar-refractivity contribution in [2.75, 3.05) is 0 Å². The van der Waals surface area contributed by atoms with Crippen molar-refractivity contribution in [2.24, 2.45) is 10.8 Å². The molecule has 0 bridgehead atoms. The topological polar surface area (TPSA) is 26.3 Å². The molecule has 1 aliphatic rings. The van der Waals surface area contributed by atoms with Gasteiger partial charge in [0.25, 0.3) is 0 Å². The highest BCUT2D eigenvalue weighted by Crippen LogP contribution is 2.40. The lowest BCUT2D eigenvalue weighted by atomic mass is 9.72. The van der Waals surface area contributed by atoms with Crippen molar-refractivity contribution in [3.8, 4) is 5.75 Å². The summed E-state index contributed by atoms with van der Waals surface area (Å²) in [6, 6.07) is 7.64. The smallest absolute Gasteiger partial charge is 0.336 e. The predicted octanol–water partition coefficient (Wildman–Crippen LogP) is 11.3. The molecule has 0 N–H and O–H groups in total. The first kappa shape index (κ1) is 33.1. The second kappa shape index (κ2) is 15.6. The maximum atomic E-state index is 12.5. The highest BCUT2D eigenvalue weighted by Gasteiger charge is 2.26. The third kappa shape index (κ3) is 11.5. The number of allylic oxidation sites excluding steroid dienone is 11. The molecule has 0 spiro atoms. The molecule has 0 fully saturated rings. The summed E-state index contributed by atoms with van der Waals surface area (Å²) in [5.74, 6) is 0.221. The minimum Gasteiger partial charge on any atom is -0.423 e. The lowest BCUT2D eigenvalue weighted by molar-refractivity contribution is -0.129. The van der Waals surface area contributed by atoms with Crippen LogP contribution >= 0.6 is 0 Å². The molecule has 2 heteroatoms. The summed E-state index contributed by atoms with van der Waals surface area (Å²) in [6.07, 6.45) is 24.5. The molecule has 2 rings (SSSR count). The fourth-order valence-corrected chi connectivity index (χ4v) is 5.10. The minimum absolute atomic E-state index is 0.0632. The van der Waals surface area contributed by atoms with Gasteiger partial charge in [0.15, 0.2) is 0 Å². The van der Waals surface area contributed by atoms with E-state index in [9.17, 15) is 4.79 Å². The highest BCUT2D eigenvalue weighted by molar-refractivity contribution is 5.84. The largest absolute Gasteiger partial charge is 0.423 e. The summed E-state index contributed by atoms with van der Waals surface area (Å²) in [5, 5.41) is 0. The van der Waals surface area contributed by atoms with Crippen LogP contribution in [0.3, 0.4) is 0 Å². The fourth-order valence-electron chi connectivity index (χ4n) is 5.10. The van der Waals surface area contributed by atoms with Crippen LogP contribution in [0.2, 0.25) is 0 Å². The summed E-state index contributed by atoms with van der Waals surface area (Å²) < 4.78 is 5.55. The van der Waals surface area contributed by atoms with Crippen LogP contribution in [0.5, 0.6) is 5.75 Å². The second-order valence-corrected chi connectivity index (χ2v) is 12.6. The molecule has 1 atom stereocenters. The highest BCUT2D eigenvalue weighted by atomic mass is 16.5. The molecule has 1 aromatic carbocycles. The van der Waals surface area contributed by atoms with Gasteiger partial charge in [0.1, 0.15) is 5.75 Å². The molecule has 0 aromatic heterocycles. The predicted molar refractivity (Wildman–Crippen MR) is 174 cm³/mol. The molecule has 40 heavy (non-hydrogen) atoms. The Bertz CT molecular complexity index is 1190. The molecule has 0 amide bonds. The van der Waals surface area contributed by atoms with Gasteiger partial charge >= 0.3 is 5.97 Å². The zero-order valence-corrected chi connectivity index (χ0v) is 26.4. The van der Waals surface area contributed by atoms with Crippen LogP contribution < -0.4 is 4.74 Å². The second-order valence-electron chi connectivity index (χ2n) is 12.6. The molecule has 1 aromatic rings. The maximum absolute atomic E-state index is 12.5. The Labute approximate surface area is 245 Å². The monoisotopic (exact) mass is 540 g/mol. The van der Waals surface area contributed by atoms with Gasteiger partial charge in [-0.25, -0.2) is 4.79 Å². The number of hydrogen-bond donors (Lipinski definition) is 0. The van der Waals surface area contributed by atoms with Gasteiger partial charge in [0.05, 0.1) is 0 Å². The molecule has 0 heterocycles. The Balaban J connectivity index is 1.87. The zero-order chi connectivity index (χ0) is 29.8. The number of carbonyl (C=O) groups is 1. The molecule has 2 nitrogen and oxygen atoms in total. The zero-order valence-electron chi connectivity index (χ0n) is 26.4. The molecule has 0 radical (unpaired) electrons. The summed E-state index contributed by atoms with van der Waals surface area (Å²) in [4.78, 5) is 12.5. The van der Waals surface area contributed by atoms with Gasteiger partial charge < -0.3 is 4.74 Å². The van der Waals surface area contributed by atoms with E-state index in [1.807, 2.05) is 37.3 Å². The van der Waals surface area contributed by atoms with Crippen LogP contribution in [0.25, 0.3) is 6.08 Å². The van der Waals surface area contributed by atoms with Gasteiger partial charge in [-0.05, 0) is 108 Å². The third-order valence-electron chi connectivity index (χ3n) is 7.88. The molecular weight excluding hydrogens is 488 g/mol. The molecule has 216 valence electrons. The van der Waals surface area contributed by atoms with Crippen molar-refractivity contribution < 1.29 is 9.53 Å². The van der Waals surface area contributed by atoms with Gasteiger partial charge in [0, 0.05) is 11.5 Å². The summed E-state index contributed by atoms with van der Waals surface area (Å²) in [5.41, 5.74) is 7.88. The van der Waals surface area contributed by atoms with E-state index in [0.29, 0.717) is 5.75 Å². The Morgan fingerprint density at radius 2 is 1.75 bits per heavy atom. The van der Waals surface area contributed by atoms with E-state index in [0.717, 1.165) is 36.8 Å². The minimum atomic E-state index is -0.332. The van der Waals surface area contributed by atoms with Gasteiger partial charge in [-0.2, -0.15) is 0 Å². The third-order valence-corrected chi connectivity index (χ3v) is 7.88. The van der Waals surface area contributed by atoms with Crippen LogP contribution in [0.4, 0.5) is 0 Å². The Hall–Kier alpha value is -3.13. The van der Waals surface area contributed by atoms with Gasteiger partial charge in [-0.15, -0.1) is 6.58 Å². The van der Waals surface area contributed by atoms with Crippen LogP contribution in [-0.4, -0.2) is 5.97 Å². The number of ether oxygens (including phenoxy) is 1. The van der Waals surface area contributed by atoms with Crippen LogP contribution in [-0.2, 0) is 4.79 Å². The Morgan fingerprint density at radius 1 is 1.05 bits per heavy atom. The summed E-state index contributed by atoms with van der Waals surface area (Å²) in [7, 11) is 0. The van der Waals surface area contributed by atoms with Crippen LogP contribution in [0.15, 0.2) is 101 Å². The van der Waals surface area contributed by atoms with Crippen molar-refractivity contribution in [1.82, 2.24) is 0 Å². The van der Waals surface area contributed by atoms with E-state index < -0.39 is 0 Å². The maximum Gasteiger partial charge on any atom is 0.336 e. The molecule has 0 saturated carbocycles. The van der Waals surface area contributed by atoms with Crippen molar-refractivity contribution in [2.45, 2.75) is 100 Å². The van der Waals surface area contributed by atoms with Gasteiger partial charge in [0.2, 0.25) is 0 Å². The molecular formula is C38H52O2. The van der Waals surface area contributed by atoms with Crippen molar-refractivity contribution in [3.63, 3.8) is 0 Å². The SMILES string of the molecule is C=CC(C)(/C=C/c1ccc(OC(=O)/C=C(/C)CC/C=C(C)/C=C\C2=C(C)CCCC2(C)C)cc1)CCC=C(C)C. The Kier molecular flexibility index (Phi) is 12.9. The van der Waals surface area contributed by atoms with Crippen LogP contribution in [0.1, 0.15) is 106 Å². The normalized spacial score (nSPS) is 17.7. The number of rotatable bonds is 13. The lowest BCUT2D eigenvalue weighted by Crippen LogP contribution is -2.19. The van der Waals surface area contributed by atoms with E-state index in [2.05, 4.69) is 91.5 Å². The first-order chi connectivity index (χ1) is 18.8. The molecule has 1 aliphatic carbocycles. The number of esters is 1. The van der Waals surface area contributed by atoms with E-state index in [1.165, 1.54) is 41.6 Å². The molecule has 1 unspecified atom stereocenters. The lowest BCUT2D eigenvalue weighted by Gasteiger charge is -2.32. The summed E-state index contributed by atoms with van der Waals surface area (Å²) >= 11 is 0. The first-order valence-corrected chi connectivity index (χ1v) is 14.8. The van der Waals surface area contributed by atoms with Gasteiger partial charge in [-0.3, -0.25) is 0 Å². The standard InChI is InChI=1S/C38H52O2/c1-10-38(9,26-12-14-29(2)3)27-24-33-19-21-34(22-20-33)40-36(39)28-31(5)16-11-15-30(4)18-23-35-32(6)17-13-25-37(35,7)8/h10,14-15,18-24,27-28H,1,11-13,16-17,25-26H2,2-9H3/b23-18-,27-24+,30-15+,31-28-.